The highest BCUT2D eigenvalue weighted by Crippen LogP contribution is 2.51. The molecule has 3 rings (SSSR count). The van der Waals surface area contributed by atoms with Gasteiger partial charge in [0.25, 0.3) is 0 Å². The number of hydrogen-bond donors (Lipinski definition) is 2. The molecule has 0 bridgehead atoms. The number of aromatic nitrogens is 3. The summed E-state index contributed by atoms with van der Waals surface area (Å²) in [5.74, 6) is 1.22. The van der Waals surface area contributed by atoms with Crippen LogP contribution in [0.1, 0.15) is 51.4 Å². The lowest BCUT2D eigenvalue weighted by molar-refractivity contribution is 0.0636. The van der Waals surface area contributed by atoms with Gasteiger partial charge >= 0.3 is 6.09 Å². The third-order valence-corrected chi connectivity index (χ3v) is 5.69. The summed E-state index contributed by atoms with van der Waals surface area (Å²) >= 11 is 4.33. The molecule has 0 unspecified atom stereocenters. The normalized spacial score (nSPS) is 21.2. The number of anilines is 1. The Morgan fingerprint density at radius 3 is 2.72 bits per heavy atom. The summed E-state index contributed by atoms with van der Waals surface area (Å²) in [7, 11) is 1.90. The van der Waals surface area contributed by atoms with E-state index in [-0.39, 0.29) is 5.41 Å². The van der Waals surface area contributed by atoms with E-state index in [2.05, 4.69) is 40.3 Å². The molecule has 0 atom stereocenters. The molecule has 0 aliphatic heterocycles. The van der Waals surface area contributed by atoms with Crippen LogP contribution in [0.3, 0.4) is 0 Å². The van der Waals surface area contributed by atoms with Crippen molar-refractivity contribution in [2.45, 2.75) is 62.6 Å². The van der Waals surface area contributed by atoms with Gasteiger partial charge in [-0.2, -0.15) is 5.26 Å². The zero-order valence-corrected chi connectivity index (χ0v) is 18.2. The summed E-state index contributed by atoms with van der Waals surface area (Å²) in [6.07, 6.45) is 2.56. The van der Waals surface area contributed by atoms with Crippen molar-refractivity contribution >= 4 is 24.4 Å². The lowest BCUT2D eigenvalue weighted by atomic mass is 9.56. The third kappa shape index (κ3) is 4.91. The molecule has 0 spiro atoms. The molecule has 0 radical (unpaired) electrons. The predicted molar refractivity (Wildman–Crippen MR) is 113 cm³/mol. The molecule has 1 saturated carbocycles. The minimum absolute atomic E-state index is 0.145. The van der Waals surface area contributed by atoms with Crippen LogP contribution in [0.15, 0.2) is 29.4 Å². The lowest BCUT2D eigenvalue weighted by Gasteiger charge is -2.47. The Kier molecular flexibility index (Phi) is 5.90. The van der Waals surface area contributed by atoms with Crippen molar-refractivity contribution in [3.05, 3.63) is 35.7 Å². The molecule has 2 aromatic rings. The molecule has 1 aliphatic rings. The molecular weight excluding hydrogens is 386 g/mol. The molecule has 0 saturated heterocycles. The van der Waals surface area contributed by atoms with Crippen molar-refractivity contribution in [2.24, 2.45) is 13.0 Å². The smallest absolute Gasteiger partial charge is 0.412 e. The zero-order chi connectivity index (χ0) is 21.2. The van der Waals surface area contributed by atoms with Crippen LogP contribution in [-0.4, -0.2) is 26.5 Å². The number of amides is 1. The van der Waals surface area contributed by atoms with Gasteiger partial charge in [0.05, 0.1) is 6.07 Å². The molecule has 8 heteroatoms. The summed E-state index contributed by atoms with van der Waals surface area (Å²) in [5.41, 5.74) is 1.10. The minimum Gasteiger partial charge on any atom is -0.444 e. The fraction of sp³-hybridized carbons (Fsp3) is 0.524. The monoisotopic (exact) mass is 413 g/mol. The second kappa shape index (κ2) is 8.07. The fourth-order valence-corrected chi connectivity index (χ4v) is 4.12. The van der Waals surface area contributed by atoms with Gasteiger partial charge in [-0.25, -0.2) is 4.79 Å². The van der Waals surface area contributed by atoms with E-state index in [1.807, 2.05) is 50.6 Å². The Labute approximate surface area is 176 Å². The predicted octanol–water partition coefficient (Wildman–Crippen LogP) is 4.25. The van der Waals surface area contributed by atoms with Crippen LogP contribution in [0, 0.1) is 17.2 Å². The SMILES string of the molecule is Cn1c(S)nnc1C[C@]1(c2cccc(NC(=O)OC(C)(C)C)c2)C[C@H](CC#N)C1. The topological polar surface area (TPSA) is 92.8 Å². The average Bonchev–Trinajstić information content (AvgIpc) is 2.90. The van der Waals surface area contributed by atoms with E-state index in [9.17, 15) is 4.79 Å². The van der Waals surface area contributed by atoms with E-state index >= 15 is 0 Å². The fourth-order valence-electron chi connectivity index (χ4n) is 3.96. The highest BCUT2D eigenvalue weighted by Gasteiger charge is 2.46. The Morgan fingerprint density at radius 1 is 1.41 bits per heavy atom. The van der Waals surface area contributed by atoms with E-state index in [0.29, 0.717) is 29.6 Å². The number of benzene rings is 1. The molecule has 1 aliphatic carbocycles. The summed E-state index contributed by atoms with van der Waals surface area (Å²) in [5, 5.41) is 20.8. The van der Waals surface area contributed by atoms with Crippen molar-refractivity contribution < 1.29 is 9.53 Å². The van der Waals surface area contributed by atoms with E-state index in [1.54, 1.807) is 0 Å². The van der Waals surface area contributed by atoms with Crippen LogP contribution in [-0.2, 0) is 23.6 Å². The number of hydrogen-bond acceptors (Lipinski definition) is 6. The Morgan fingerprint density at radius 2 is 2.14 bits per heavy atom. The van der Waals surface area contributed by atoms with Gasteiger partial charge in [-0.05, 0) is 57.2 Å². The molecule has 29 heavy (non-hydrogen) atoms. The van der Waals surface area contributed by atoms with Gasteiger partial charge in [-0.1, -0.05) is 12.1 Å². The first-order valence-corrected chi connectivity index (χ1v) is 10.1. The first-order chi connectivity index (χ1) is 13.6. The van der Waals surface area contributed by atoms with Crippen LogP contribution in [0.2, 0.25) is 0 Å². The summed E-state index contributed by atoms with van der Waals surface area (Å²) < 4.78 is 7.23. The molecule has 1 aromatic carbocycles. The first-order valence-electron chi connectivity index (χ1n) is 9.67. The average molecular weight is 414 g/mol. The second-order valence-electron chi connectivity index (χ2n) is 8.78. The highest BCUT2D eigenvalue weighted by molar-refractivity contribution is 7.80. The van der Waals surface area contributed by atoms with Crippen LogP contribution in [0.5, 0.6) is 0 Å². The van der Waals surface area contributed by atoms with Gasteiger partial charge in [-0.3, -0.25) is 5.32 Å². The van der Waals surface area contributed by atoms with Crippen molar-refractivity contribution in [3.63, 3.8) is 0 Å². The molecular formula is C21H27N5O2S. The largest absolute Gasteiger partial charge is 0.444 e. The molecule has 7 nitrogen and oxygen atoms in total. The quantitative estimate of drug-likeness (QED) is 0.715. The van der Waals surface area contributed by atoms with Gasteiger partial charge in [0, 0.05) is 31.0 Å². The number of carbonyl (C=O) groups is 1. The van der Waals surface area contributed by atoms with Crippen LogP contribution >= 0.6 is 12.6 Å². The van der Waals surface area contributed by atoms with Crippen LogP contribution in [0.4, 0.5) is 10.5 Å². The van der Waals surface area contributed by atoms with Crippen LogP contribution < -0.4 is 5.32 Å². The number of thiol groups is 1. The van der Waals surface area contributed by atoms with E-state index in [4.69, 9.17) is 10.00 Å². The third-order valence-electron chi connectivity index (χ3n) is 5.30. The van der Waals surface area contributed by atoms with Gasteiger partial charge in [-0.15, -0.1) is 22.8 Å². The number of nitriles is 1. The standard InChI is InChI=1S/C21H27N5O2S/c1-20(2,3)28-19(27)23-16-7-5-6-15(10-16)21(11-14(12-21)8-9-22)13-17-24-25-18(29)26(17)4/h5-7,10,14H,8,11-13H2,1-4H3,(H,23,27)(H,25,29)/t14-,21-. The van der Waals surface area contributed by atoms with E-state index in [1.165, 1.54) is 0 Å². The molecule has 154 valence electrons. The Bertz CT molecular complexity index is 935. The summed E-state index contributed by atoms with van der Waals surface area (Å²) in [6.45, 7) is 5.49. The zero-order valence-electron chi connectivity index (χ0n) is 17.3. The van der Waals surface area contributed by atoms with Crippen molar-refractivity contribution in [1.29, 1.82) is 5.26 Å². The number of nitrogens with one attached hydrogen (secondary N) is 1. The molecule has 1 heterocycles. The maximum absolute atomic E-state index is 12.1. The maximum atomic E-state index is 12.1. The highest BCUT2D eigenvalue weighted by atomic mass is 32.1. The van der Waals surface area contributed by atoms with Gasteiger partial charge in [0.2, 0.25) is 0 Å². The number of carbonyl (C=O) groups excluding carboxylic acids is 1. The molecule has 1 N–H and O–H groups in total. The van der Waals surface area contributed by atoms with E-state index in [0.717, 1.165) is 24.2 Å². The first kappa shape index (κ1) is 21.2. The molecule has 1 fully saturated rings. The van der Waals surface area contributed by atoms with Gasteiger partial charge in [0.15, 0.2) is 5.16 Å². The van der Waals surface area contributed by atoms with Gasteiger partial charge < -0.3 is 9.30 Å². The Hall–Kier alpha value is -2.53. The number of nitrogens with zero attached hydrogens (tertiary/aromatic N) is 4. The van der Waals surface area contributed by atoms with Gasteiger partial charge in [0.1, 0.15) is 11.4 Å². The van der Waals surface area contributed by atoms with Crippen molar-refractivity contribution in [3.8, 4) is 6.07 Å². The minimum atomic E-state index is -0.558. The van der Waals surface area contributed by atoms with Crippen molar-refractivity contribution in [1.82, 2.24) is 14.8 Å². The Balaban J connectivity index is 1.84. The second-order valence-corrected chi connectivity index (χ2v) is 9.18. The number of ether oxygens (including phenoxy) is 1. The van der Waals surface area contributed by atoms with Crippen molar-refractivity contribution in [2.75, 3.05) is 5.32 Å². The molecule has 1 amide bonds. The summed E-state index contributed by atoms with van der Waals surface area (Å²) in [4.78, 5) is 12.1. The summed E-state index contributed by atoms with van der Waals surface area (Å²) in [6, 6.07) is 10.1. The number of rotatable bonds is 5. The molecule has 1 aromatic heterocycles. The van der Waals surface area contributed by atoms with Crippen LogP contribution in [0.25, 0.3) is 0 Å². The lowest BCUT2D eigenvalue weighted by Crippen LogP contribution is -2.43. The maximum Gasteiger partial charge on any atom is 0.412 e. The van der Waals surface area contributed by atoms with E-state index < -0.39 is 11.7 Å².